The second-order valence-corrected chi connectivity index (χ2v) is 3.39. The third-order valence-electron chi connectivity index (χ3n) is 1.77. The van der Waals surface area contributed by atoms with Crippen LogP contribution in [0.2, 0.25) is 5.02 Å². The highest BCUT2D eigenvalue weighted by Crippen LogP contribution is 2.20. The normalized spacial score (nSPS) is 9.94. The summed E-state index contributed by atoms with van der Waals surface area (Å²) in [6, 6.07) is 4.11. The van der Waals surface area contributed by atoms with Crippen LogP contribution in [0, 0.1) is 5.82 Å². The van der Waals surface area contributed by atoms with Gasteiger partial charge in [0.05, 0.1) is 24.7 Å². The minimum Gasteiger partial charge on any atom is -0.493 e. The van der Waals surface area contributed by atoms with E-state index in [2.05, 4.69) is 0 Å². The van der Waals surface area contributed by atoms with Crippen molar-refractivity contribution in [1.82, 2.24) is 0 Å². The number of esters is 1. The number of hydrogen-bond acceptors (Lipinski definition) is 3. The van der Waals surface area contributed by atoms with Crippen molar-refractivity contribution in [3.05, 3.63) is 29.0 Å². The second-order valence-electron chi connectivity index (χ2n) is 2.98. The fourth-order valence-electron chi connectivity index (χ4n) is 1.05. The number of benzene rings is 1. The van der Waals surface area contributed by atoms with Crippen LogP contribution in [0.5, 0.6) is 5.75 Å². The van der Waals surface area contributed by atoms with E-state index in [1.165, 1.54) is 18.2 Å². The third kappa shape index (κ3) is 4.06. The molecule has 1 aromatic rings. The van der Waals surface area contributed by atoms with Gasteiger partial charge in [0.1, 0.15) is 11.6 Å². The Balaban J connectivity index is 2.37. The van der Waals surface area contributed by atoms with Crippen LogP contribution in [0.25, 0.3) is 0 Å². The van der Waals surface area contributed by atoms with Gasteiger partial charge >= 0.3 is 5.97 Å². The molecular formula is C11H12ClFO3. The summed E-state index contributed by atoms with van der Waals surface area (Å²) >= 11 is 5.50. The summed E-state index contributed by atoms with van der Waals surface area (Å²) in [7, 11) is 0. The maximum Gasteiger partial charge on any atom is 0.309 e. The van der Waals surface area contributed by atoms with Crippen LogP contribution < -0.4 is 4.74 Å². The van der Waals surface area contributed by atoms with Gasteiger partial charge in [0.15, 0.2) is 0 Å². The van der Waals surface area contributed by atoms with Gasteiger partial charge in [-0.2, -0.15) is 0 Å². The Morgan fingerprint density at radius 3 is 2.88 bits per heavy atom. The summed E-state index contributed by atoms with van der Waals surface area (Å²) in [6.45, 7) is 2.22. The lowest BCUT2D eigenvalue weighted by Crippen LogP contribution is -2.09. The first-order valence-corrected chi connectivity index (χ1v) is 5.24. The molecule has 0 saturated heterocycles. The molecule has 1 rings (SSSR count). The van der Waals surface area contributed by atoms with E-state index in [1.807, 2.05) is 0 Å². The van der Waals surface area contributed by atoms with Gasteiger partial charge in [0.25, 0.3) is 0 Å². The first kappa shape index (κ1) is 12.8. The van der Waals surface area contributed by atoms with Crippen LogP contribution in [0.15, 0.2) is 18.2 Å². The van der Waals surface area contributed by atoms with Crippen molar-refractivity contribution in [3.63, 3.8) is 0 Å². The molecule has 16 heavy (non-hydrogen) atoms. The third-order valence-corrected chi connectivity index (χ3v) is 2.08. The van der Waals surface area contributed by atoms with Gasteiger partial charge in [0, 0.05) is 6.07 Å². The van der Waals surface area contributed by atoms with Crippen molar-refractivity contribution in [1.29, 1.82) is 0 Å². The summed E-state index contributed by atoms with van der Waals surface area (Å²) in [5, 5.41) is 0.0396. The molecule has 3 nitrogen and oxygen atoms in total. The van der Waals surface area contributed by atoms with E-state index in [-0.39, 0.29) is 24.0 Å². The zero-order chi connectivity index (χ0) is 12.0. The van der Waals surface area contributed by atoms with E-state index < -0.39 is 5.82 Å². The predicted molar refractivity (Wildman–Crippen MR) is 58.2 cm³/mol. The lowest BCUT2D eigenvalue weighted by Gasteiger charge is -2.06. The lowest BCUT2D eigenvalue weighted by atomic mass is 10.3. The van der Waals surface area contributed by atoms with Gasteiger partial charge in [0.2, 0.25) is 0 Å². The number of ether oxygens (including phenoxy) is 2. The fourth-order valence-corrected chi connectivity index (χ4v) is 1.17. The number of hydrogen-bond donors (Lipinski definition) is 0. The highest BCUT2D eigenvalue weighted by molar-refractivity contribution is 6.30. The van der Waals surface area contributed by atoms with E-state index in [0.717, 1.165) is 0 Å². The molecule has 0 amide bonds. The van der Waals surface area contributed by atoms with Gasteiger partial charge in [-0.05, 0) is 19.1 Å². The van der Waals surface area contributed by atoms with Crippen LogP contribution in [0.1, 0.15) is 13.3 Å². The Morgan fingerprint density at radius 2 is 2.25 bits per heavy atom. The summed E-state index contributed by atoms with van der Waals surface area (Å²) in [6.07, 6.45) is 0.137. The topological polar surface area (TPSA) is 35.5 Å². The molecule has 0 atom stereocenters. The molecule has 0 aliphatic heterocycles. The Morgan fingerprint density at radius 1 is 1.50 bits per heavy atom. The zero-order valence-corrected chi connectivity index (χ0v) is 9.59. The van der Waals surface area contributed by atoms with Crippen LogP contribution >= 0.6 is 11.6 Å². The average molecular weight is 247 g/mol. The van der Waals surface area contributed by atoms with Crippen molar-refractivity contribution in [2.75, 3.05) is 13.2 Å². The summed E-state index contributed by atoms with van der Waals surface area (Å²) in [5.41, 5.74) is 0. The van der Waals surface area contributed by atoms with Crippen molar-refractivity contribution in [2.45, 2.75) is 13.3 Å². The molecule has 0 aromatic heterocycles. The molecule has 0 fully saturated rings. The highest BCUT2D eigenvalue weighted by Gasteiger charge is 2.04. The molecule has 0 spiro atoms. The molecule has 5 heteroatoms. The lowest BCUT2D eigenvalue weighted by molar-refractivity contribution is -0.143. The smallest absolute Gasteiger partial charge is 0.309 e. The highest BCUT2D eigenvalue weighted by atomic mass is 35.5. The van der Waals surface area contributed by atoms with Gasteiger partial charge in [-0.25, -0.2) is 4.39 Å². The molecule has 0 unspecified atom stereocenters. The number of halogens is 2. The monoisotopic (exact) mass is 246 g/mol. The standard InChI is InChI=1S/C11H12ClFO3/c1-2-15-11(14)5-6-16-8-3-4-9(12)10(13)7-8/h3-4,7H,2,5-6H2,1H3. The number of rotatable bonds is 5. The first-order chi connectivity index (χ1) is 7.63. The minimum absolute atomic E-state index is 0.0396. The Labute approximate surface area is 98.1 Å². The van der Waals surface area contributed by atoms with E-state index in [0.29, 0.717) is 12.4 Å². The molecule has 88 valence electrons. The van der Waals surface area contributed by atoms with Gasteiger partial charge in [-0.15, -0.1) is 0 Å². The zero-order valence-electron chi connectivity index (χ0n) is 8.83. The molecule has 0 bridgehead atoms. The molecule has 0 N–H and O–H groups in total. The summed E-state index contributed by atoms with van der Waals surface area (Å²) in [5.74, 6) is -0.543. The van der Waals surface area contributed by atoms with Crippen molar-refractivity contribution < 1.29 is 18.7 Å². The van der Waals surface area contributed by atoms with Gasteiger partial charge in [-0.1, -0.05) is 11.6 Å². The number of carbonyl (C=O) groups excluding carboxylic acids is 1. The second kappa shape index (κ2) is 6.33. The van der Waals surface area contributed by atoms with Crippen molar-refractivity contribution >= 4 is 17.6 Å². The van der Waals surface area contributed by atoms with Crippen LogP contribution in [-0.4, -0.2) is 19.2 Å². The van der Waals surface area contributed by atoms with E-state index in [4.69, 9.17) is 21.1 Å². The molecule has 1 aromatic carbocycles. The summed E-state index contributed by atoms with van der Waals surface area (Å²) in [4.78, 5) is 11.0. The first-order valence-electron chi connectivity index (χ1n) is 4.87. The Bertz CT molecular complexity index is 368. The molecule has 0 radical (unpaired) electrons. The van der Waals surface area contributed by atoms with E-state index >= 15 is 0 Å². The van der Waals surface area contributed by atoms with E-state index in [9.17, 15) is 9.18 Å². The predicted octanol–water partition coefficient (Wildman–Crippen LogP) is 2.81. The summed E-state index contributed by atoms with van der Waals surface area (Å²) < 4.78 is 22.9. The van der Waals surface area contributed by atoms with Crippen LogP contribution in [-0.2, 0) is 9.53 Å². The average Bonchev–Trinajstić information content (AvgIpc) is 2.24. The Kier molecular flexibility index (Phi) is 5.05. The fraction of sp³-hybridized carbons (Fsp3) is 0.364. The maximum absolute atomic E-state index is 13.0. The maximum atomic E-state index is 13.0. The molecular weight excluding hydrogens is 235 g/mol. The van der Waals surface area contributed by atoms with Gasteiger partial charge < -0.3 is 9.47 Å². The van der Waals surface area contributed by atoms with Crippen molar-refractivity contribution in [2.24, 2.45) is 0 Å². The molecule has 0 aliphatic rings. The molecule has 0 heterocycles. The van der Waals surface area contributed by atoms with E-state index in [1.54, 1.807) is 6.92 Å². The number of carbonyl (C=O) groups is 1. The largest absolute Gasteiger partial charge is 0.493 e. The molecule has 0 aliphatic carbocycles. The van der Waals surface area contributed by atoms with Crippen LogP contribution in [0.4, 0.5) is 4.39 Å². The quantitative estimate of drug-likeness (QED) is 0.750. The molecule has 0 saturated carbocycles. The SMILES string of the molecule is CCOC(=O)CCOc1ccc(Cl)c(F)c1. The van der Waals surface area contributed by atoms with Gasteiger partial charge in [-0.3, -0.25) is 4.79 Å². The van der Waals surface area contributed by atoms with Crippen LogP contribution in [0.3, 0.4) is 0 Å². The van der Waals surface area contributed by atoms with Crippen molar-refractivity contribution in [3.8, 4) is 5.75 Å². The minimum atomic E-state index is -0.546. The Hall–Kier alpha value is -1.29.